The number of esters is 1. The Morgan fingerprint density at radius 1 is 0.708 bits per heavy atom. The molecule has 3 heteroatoms. The molecule has 2 nitrogen and oxygen atoms in total. The van der Waals surface area contributed by atoms with E-state index in [2.05, 4.69) is 72.8 Å². The Balaban J connectivity index is 2.26. The van der Waals surface area contributed by atoms with E-state index in [4.69, 9.17) is 4.74 Å². The minimum atomic E-state index is -2.43. The summed E-state index contributed by atoms with van der Waals surface area (Å²) in [6.45, 7) is 1.47. The molecule has 0 spiro atoms. The van der Waals surface area contributed by atoms with Gasteiger partial charge in [-0.25, -0.2) is 0 Å². The first-order valence-electron chi connectivity index (χ1n) is 8.03. The van der Waals surface area contributed by atoms with E-state index in [1.54, 1.807) is 0 Å². The van der Waals surface area contributed by atoms with E-state index in [0.29, 0.717) is 6.35 Å². The molecular formula is C21H21O2P. The van der Waals surface area contributed by atoms with Crippen LogP contribution < -0.4 is 15.9 Å². The van der Waals surface area contributed by atoms with Crippen molar-refractivity contribution in [2.24, 2.45) is 0 Å². The van der Waals surface area contributed by atoms with Gasteiger partial charge in [-0.05, 0) is 0 Å². The van der Waals surface area contributed by atoms with Gasteiger partial charge in [0.15, 0.2) is 0 Å². The number of carbonyl (C=O) groups is 1. The second-order valence-corrected chi connectivity index (χ2v) is 9.62. The Kier molecular flexibility index (Phi) is 5.08. The van der Waals surface area contributed by atoms with Gasteiger partial charge in [-0.3, -0.25) is 0 Å². The number of hydrogen-bond donors (Lipinski definition) is 0. The van der Waals surface area contributed by atoms with Gasteiger partial charge in [0.1, 0.15) is 0 Å². The number of carbonyl (C=O) groups excluding carboxylic acids is 1. The van der Waals surface area contributed by atoms with Crippen LogP contribution in [0.5, 0.6) is 0 Å². The molecule has 0 aliphatic rings. The van der Waals surface area contributed by atoms with Crippen LogP contribution in [0.15, 0.2) is 91.0 Å². The Morgan fingerprint density at radius 2 is 1.04 bits per heavy atom. The zero-order valence-electron chi connectivity index (χ0n) is 13.7. The summed E-state index contributed by atoms with van der Waals surface area (Å²) in [4.78, 5) is 11.6. The zero-order valence-corrected chi connectivity index (χ0v) is 14.7. The van der Waals surface area contributed by atoms with Gasteiger partial charge in [0, 0.05) is 0 Å². The van der Waals surface area contributed by atoms with Crippen molar-refractivity contribution < 1.29 is 9.53 Å². The topological polar surface area (TPSA) is 26.3 Å². The fourth-order valence-corrected chi connectivity index (χ4v) is 7.33. The summed E-state index contributed by atoms with van der Waals surface area (Å²) in [7, 11) is -2.43. The molecule has 0 fully saturated rings. The van der Waals surface area contributed by atoms with Crippen molar-refractivity contribution in [3.05, 3.63) is 91.0 Å². The standard InChI is InChI=1S/C21H21O2P/c1-18(22)23-17-24(19-11-5-2-6-12-19,20-13-7-3-8-14-20)21-15-9-4-10-16-21/h2-16,24H,17H2,1H3. The van der Waals surface area contributed by atoms with E-state index in [1.165, 1.54) is 22.8 Å². The fourth-order valence-electron chi connectivity index (χ4n) is 3.13. The number of benzene rings is 3. The summed E-state index contributed by atoms with van der Waals surface area (Å²) in [5, 5.41) is 3.72. The molecule has 0 N–H and O–H groups in total. The van der Waals surface area contributed by atoms with Crippen LogP contribution in [0.25, 0.3) is 0 Å². The van der Waals surface area contributed by atoms with Gasteiger partial charge in [-0.1, -0.05) is 0 Å². The number of hydrogen-bond acceptors (Lipinski definition) is 2. The van der Waals surface area contributed by atoms with Gasteiger partial charge in [0.25, 0.3) is 0 Å². The molecule has 24 heavy (non-hydrogen) atoms. The molecular weight excluding hydrogens is 315 g/mol. The van der Waals surface area contributed by atoms with Gasteiger partial charge >= 0.3 is 143 Å². The summed E-state index contributed by atoms with van der Waals surface area (Å²) < 4.78 is 5.59. The predicted molar refractivity (Wildman–Crippen MR) is 103 cm³/mol. The number of ether oxygens (including phenoxy) is 1. The minimum absolute atomic E-state index is 0.241. The van der Waals surface area contributed by atoms with E-state index in [0.717, 1.165) is 0 Å². The Labute approximate surface area is 143 Å². The monoisotopic (exact) mass is 336 g/mol. The quantitative estimate of drug-likeness (QED) is 0.528. The van der Waals surface area contributed by atoms with Gasteiger partial charge in [-0.15, -0.1) is 0 Å². The molecule has 3 aromatic rings. The average molecular weight is 336 g/mol. The molecule has 3 aromatic carbocycles. The second kappa shape index (κ2) is 7.42. The Morgan fingerprint density at radius 3 is 1.33 bits per heavy atom. The van der Waals surface area contributed by atoms with Crippen molar-refractivity contribution in [3.8, 4) is 0 Å². The molecule has 0 atom stereocenters. The summed E-state index contributed by atoms with van der Waals surface area (Å²) >= 11 is 0. The van der Waals surface area contributed by atoms with Crippen LogP contribution in [0.2, 0.25) is 0 Å². The molecule has 122 valence electrons. The van der Waals surface area contributed by atoms with Gasteiger partial charge < -0.3 is 0 Å². The summed E-state index contributed by atoms with van der Waals surface area (Å²) in [5.74, 6) is -0.241. The summed E-state index contributed by atoms with van der Waals surface area (Å²) in [5.41, 5.74) is 0. The van der Waals surface area contributed by atoms with Crippen molar-refractivity contribution in [3.63, 3.8) is 0 Å². The molecule has 0 amide bonds. The van der Waals surface area contributed by atoms with Gasteiger partial charge in [0.05, 0.1) is 0 Å². The zero-order chi connectivity index (χ0) is 16.8. The first-order chi connectivity index (χ1) is 11.7. The average Bonchev–Trinajstić information content (AvgIpc) is 2.65. The SMILES string of the molecule is CC(=O)OC[PH](c1ccccc1)(c1ccccc1)c1ccccc1. The van der Waals surface area contributed by atoms with E-state index in [9.17, 15) is 4.79 Å². The van der Waals surface area contributed by atoms with Crippen molar-refractivity contribution in [2.75, 3.05) is 6.35 Å². The third-order valence-electron chi connectivity index (χ3n) is 4.29. The third kappa shape index (κ3) is 3.25. The van der Waals surface area contributed by atoms with Gasteiger partial charge in [0.2, 0.25) is 0 Å². The molecule has 0 bridgehead atoms. The molecule has 0 aliphatic carbocycles. The van der Waals surface area contributed by atoms with Crippen LogP contribution in [0.4, 0.5) is 0 Å². The maximum atomic E-state index is 11.6. The van der Waals surface area contributed by atoms with Gasteiger partial charge in [-0.2, -0.15) is 0 Å². The Bertz CT molecular complexity index is 689. The third-order valence-corrected chi connectivity index (χ3v) is 8.83. The Hall–Kier alpha value is -2.44. The molecule has 0 saturated carbocycles. The van der Waals surface area contributed by atoms with Crippen molar-refractivity contribution in [1.82, 2.24) is 0 Å². The summed E-state index contributed by atoms with van der Waals surface area (Å²) in [6.07, 6.45) is 0.403. The first kappa shape index (κ1) is 16.4. The normalized spacial score (nSPS) is 11.7. The maximum absolute atomic E-state index is 11.6. The van der Waals surface area contributed by atoms with E-state index in [-0.39, 0.29) is 5.97 Å². The molecule has 0 unspecified atom stereocenters. The number of rotatable bonds is 5. The van der Waals surface area contributed by atoms with E-state index >= 15 is 0 Å². The van der Waals surface area contributed by atoms with E-state index < -0.39 is 7.26 Å². The van der Waals surface area contributed by atoms with Crippen LogP contribution in [-0.2, 0) is 9.53 Å². The molecule has 0 heterocycles. The van der Waals surface area contributed by atoms with Crippen LogP contribution in [0.1, 0.15) is 6.92 Å². The van der Waals surface area contributed by atoms with E-state index in [1.807, 2.05) is 18.2 Å². The van der Waals surface area contributed by atoms with Crippen molar-refractivity contribution in [2.45, 2.75) is 6.92 Å². The predicted octanol–water partition coefficient (Wildman–Crippen LogP) is 3.23. The molecule has 0 aromatic heterocycles. The fraction of sp³-hybridized carbons (Fsp3) is 0.0952. The van der Waals surface area contributed by atoms with Crippen molar-refractivity contribution in [1.29, 1.82) is 0 Å². The molecule has 0 saturated heterocycles. The molecule has 0 radical (unpaired) electrons. The van der Waals surface area contributed by atoms with Crippen LogP contribution in [0.3, 0.4) is 0 Å². The first-order valence-corrected chi connectivity index (χ1v) is 10.2. The van der Waals surface area contributed by atoms with Crippen LogP contribution in [-0.4, -0.2) is 12.3 Å². The molecule has 0 aliphatic heterocycles. The van der Waals surface area contributed by atoms with Crippen molar-refractivity contribution >= 4 is 29.1 Å². The van der Waals surface area contributed by atoms with Crippen LogP contribution in [0, 0.1) is 0 Å². The summed E-state index contributed by atoms with van der Waals surface area (Å²) in [6, 6.07) is 31.3. The molecule has 3 rings (SSSR count). The van der Waals surface area contributed by atoms with Crippen LogP contribution >= 0.6 is 7.26 Å². The second-order valence-electron chi connectivity index (χ2n) is 5.78.